The molecule has 2 N–H and O–H groups in total. The molecular formula is C26H29FN4O3. The summed E-state index contributed by atoms with van der Waals surface area (Å²) in [6.07, 6.45) is 1.81. The zero-order valence-electron chi connectivity index (χ0n) is 19.6. The SMILES string of the molecule is Cc1ccc(N2CCOc3c(C(=O)Nc4ccc(N(CCO)C(C)C)c(F)c4)cccc32)nc1. The van der Waals surface area contributed by atoms with E-state index in [9.17, 15) is 14.3 Å². The van der Waals surface area contributed by atoms with Gasteiger partial charge in [0.15, 0.2) is 5.75 Å². The van der Waals surface area contributed by atoms with Crippen LogP contribution in [0.1, 0.15) is 29.8 Å². The minimum Gasteiger partial charge on any atom is -0.489 e. The lowest BCUT2D eigenvalue weighted by Crippen LogP contribution is -2.34. The number of hydrogen-bond acceptors (Lipinski definition) is 6. The molecule has 4 rings (SSSR count). The van der Waals surface area contributed by atoms with Crippen LogP contribution in [0.25, 0.3) is 0 Å². The van der Waals surface area contributed by atoms with Gasteiger partial charge in [-0.1, -0.05) is 12.1 Å². The number of carbonyl (C=O) groups is 1. The van der Waals surface area contributed by atoms with Crippen LogP contribution in [0.4, 0.5) is 27.3 Å². The maximum Gasteiger partial charge on any atom is 0.259 e. The number of fused-ring (bicyclic) bond motifs is 1. The third kappa shape index (κ3) is 4.82. The monoisotopic (exact) mass is 464 g/mol. The number of hydrogen-bond donors (Lipinski definition) is 2. The lowest BCUT2D eigenvalue weighted by atomic mass is 10.1. The molecule has 178 valence electrons. The van der Waals surface area contributed by atoms with Crippen LogP contribution in [0.15, 0.2) is 54.7 Å². The predicted molar refractivity (Wildman–Crippen MR) is 132 cm³/mol. The average Bonchev–Trinajstić information content (AvgIpc) is 2.82. The average molecular weight is 465 g/mol. The predicted octanol–water partition coefficient (Wildman–Crippen LogP) is 4.52. The van der Waals surface area contributed by atoms with Crippen molar-refractivity contribution in [3.63, 3.8) is 0 Å². The van der Waals surface area contributed by atoms with Gasteiger partial charge in [-0.15, -0.1) is 0 Å². The molecule has 34 heavy (non-hydrogen) atoms. The zero-order valence-corrected chi connectivity index (χ0v) is 19.6. The molecule has 0 unspecified atom stereocenters. The number of amides is 1. The van der Waals surface area contributed by atoms with E-state index in [0.717, 1.165) is 17.1 Å². The molecule has 0 aliphatic carbocycles. The number of rotatable bonds is 7. The molecule has 0 saturated carbocycles. The molecule has 2 aromatic carbocycles. The second-order valence-corrected chi connectivity index (χ2v) is 8.48. The Bertz CT molecular complexity index is 1170. The maximum absolute atomic E-state index is 14.9. The first-order valence-corrected chi connectivity index (χ1v) is 11.3. The number of para-hydroxylation sites is 1. The molecule has 1 aliphatic rings. The Labute approximate surface area is 198 Å². The molecule has 3 aromatic rings. The Morgan fingerprint density at radius 3 is 2.76 bits per heavy atom. The van der Waals surface area contributed by atoms with Gasteiger partial charge in [-0.25, -0.2) is 9.37 Å². The van der Waals surface area contributed by atoms with Gasteiger partial charge in [-0.3, -0.25) is 4.79 Å². The first-order chi connectivity index (χ1) is 16.4. The smallest absolute Gasteiger partial charge is 0.259 e. The Morgan fingerprint density at radius 1 is 1.26 bits per heavy atom. The highest BCUT2D eigenvalue weighted by molar-refractivity contribution is 6.07. The number of aryl methyl sites for hydroxylation is 1. The summed E-state index contributed by atoms with van der Waals surface area (Å²) in [5, 5.41) is 12.1. The van der Waals surface area contributed by atoms with Gasteiger partial charge in [0.05, 0.1) is 30.1 Å². The topological polar surface area (TPSA) is 77.9 Å². The highest BCUT2D eigenvalue weighted by Gasteiger charge is 2.26. The van der Waals surface area contributed by atoms with E-state index in [0.29, 0.717) is 42.4 Å². The molecule has 0 atom stereocenters. The van der Waals surface area contributed by atoms with Crippen LogP contribution in [-0.2, 0) is 0 Å². The molecule has 7 nitrogen and oxygen atoms in total. The fourth-order valence-corrected chi connectivity index (χ4v) is 4.07. The molecule has 0 bridgehead atoms. The van der Waals surface area contributed by atoms with Crippen molar-refractivity contribution in [1.82, 2.24) is 4.98 Å². The first-order valence-electron chi connectivity index (χ1n) is 11.3. The molecule has 0 saturated heterocycles. The molecule has 1 aromatic heterocycles. The summed E-state index contributed by atoms with van der Waals surface area (Å²) in [4.78, 5) is 21.4. The Kier molecular flexibility index (Phi) is 6.98. The highest BCUT2D eigenvalue weighted by atomic mass is 19.1. The van der Waals surface area contributed by atoms with Gasteiger partial charge in [0.25, 0.3) is 5.91 Å². The third-order valence-corrected chi connectivity index (χ3v) is 5.74. The summed E-state index contributed by atoms with van der Waals surface area (Å²) in [5.74, 6) is 0.393. The molecule has 0 fully saturated rings. The van der Waals surface area contributed by atoms with Gasteiger partial charge in [-0.05, 0) is 62.7 Å². The van der Waals surface area contributed by atoms with E-state index in [1.54, 1.807) is 35.4 Å². The minimum absolute atomic E-state index is 0.0149. The Morgan fingerprint density at radius 2 is 2.09 bits per heavy atom. The summed E-state index contributed by atoms with van der Waals surface area (Å²) >= 11 is 0. The third-order valence-electron chi connectivity index (χ3n) is 5.74. The van der Waals surface area contributed by atoms with E-state index in [1.807, 2.05) is 43.9 Å². The molecule has 2 heterocycles. The maximum atomic E-state index is 14.9. The van der Waals surface area contributed by atoms with E-state index >= 15 is 0 Å². The van der Waals surface area contributed by atoms with Crippen LogP contribution in [-0.4, -0.2) is 48.3 Å². The van der Waals surface area contributed by atoms with Crippen LogP contribution in [0.5, 0.6) is 5.75 Å². The van der Waals surface area contributed by atoms with Crippen LogP contribution in [0.3, 0.4) is 0 Å². The fraction of sp³-hybridized carbons (Fsp3) is 0.308. The number of nitrogens with one attached hydrogen (secondary N) is 1. The van der Waals surface area contributed by atoms with Crippen molar-refractivity contribution in [1.29, 1.82) is 0 Å². The number of aromatic nitrogens is 1. The van der Waals surface area contributed by atoms with Gasteiger partial charge in [0.1, 0.15) is 18.2 Å². The number of aliphatic hydroxyl groups excluding tert-OH is 1. The van der Waals surface area contributed by atoms with E-state index < -0.39 is 11.7 Å². The van der Waals surface area contributed by atoms with Gasteiger partial charge in [0.2, 0.25) is 0 Å². The van der Waals surface area contributed by atoms with Crippen molar-refractivity contribution in [2.75, 3.05) is 41.4 Å². The summed E-state index contributed by atoms with van der Waals surface area (Å²) in [6.45, 7) is 7.10. The standard InChI is InChI=1S/C26H29FN4O3/c1-17(2)30(11-13-32)22-9-8-19(15-21(22)27)29-26(33)20-5-4-6-23-25(20)34-14-12-31(23)24-10-7-18(3)16-28-24/h4-10,15-17,32H,11-14H2,1-3H3,(H,29,33). The number of halogens is 1. The van der Waals surface area contributed by atoms with E-state index in [4.69, 9.17) is 4.74 Å². The van der Waals surface area contributed by atoms with Gasteiger partial charge < -0.3 is 25.0 Å². The number of anilines is 4. The number of benzene rings is 2. The molecular weight excluding hydrogens is 435 g/mol. The van der Waals surface area contributed by atoms with Gasteiger partial charge in [0, 0.05) is 24.5 Å². The molecule has 8 heteroatoms. The van der Waals surface area contributed by atoms with E-state index in [1.165, 1.54) is 6.07 Å². The lowest BCUT2D eigenvalue weighted by molar-refractivity contribution is 0.102. The second-order valence-electron chi connectivity index (χ2n) is 8.48. The largest absolute Gasteiger partial charge is 0.489 e. The van der Waals surface area contributed by atoms with Crippen molar-refractivity contribution in [2.45, 2.75) is 26.8 Å². The number of aliphatic hydroxyl groups is 1. The van der Waals surface area contributed by atoms with Gasteiger partial charge >= 0.3 is 0 Å². The van der Waals surface area contributed by atoms with Crippen LogP contribution in [0.2, 0.25) is 0 Å². The summed E-state index contributed by atoms with van der Waals surface area (Å²) in [5.41, 5.74) is 2.90. The molecule has 0 spiro atoms. The first kappa shape index (κ1) is 23.5. The van der Waals surface area contributed by atoms with Crippen LogP contribution in [0, 0.1) is 12.7 Å². The molecule has 1 amide bonds. The van der Waals surface area contributed by atoms with E-state index in [2.05, 4.69) is 10.3 Å². The van der Waals surface area contributed by atoms with Crippen molar-refractivity contribution < 1.29 is 19.0 Å². The number of pyridine rings is 1. The lowest BCUT2D eigenvalue weighted by Gasteiger charge is -2.31. The number of ether oxygens (including phenoxy) is 1. The zero-order chi connectivity index (χ0) is 24.2. The molecule has 0 radical (unpaired) electrons. The minimum atomic E-state index is -0.470. The quantitative estimate of drug-likeness (QED) is 0.535. The fourth-order valence-electron chi connectivity index (χ4n) is 4.07. The Hall–Kier alpha value is -3.65. The summed E-state index contributed by atoms with van der Waals surface area (Å²) < 4.78 is 20.7. The highest BCUT2D eigenvalue weighted by Crippen LogP contribution is 2.38. The number of carbonyl (C=O) groups excluding carboxylic acids is 1. The summed E-state index contributed by atoms with van der Waals surface area (Å²) in [7, 11) is 0. The second kappa shape index (κ2) is 10.1. The van der Waals surface area contributed by atoms with Crippen molar-refractivity contribution >= 4 is 28.8 Å². The van der Waals surface area contributed by atoms with Crippen LogP contribution >= 0.6 is 0 Å². The Balaban J connectivity index is 1.58. The van der Waals surface area contributed by atoms with Crippen LogP contribution < -0.4 is 19.9 Å². The normalized spacial score (nSPS) is 12.8. The van der Waals surface area contributed by atoms with Gasteiger partial charge in [-0.2, -0.15) is 0 Å². The van der Waals surface area contributed by atoms with Crippen molar-refractivity contribution in [3.8, 4) is 5.75 Å². The summed E-state index contributed by atoms with van der Waals surface area (Å²) in [6, 6.07) is 13.9. The van der Waals surface area contributed by atoms with Crippen molar-refractivity contribution in [3.05, 3.63) is 71.7 Å². The van der Waals surface area contributed by atoms with E-state index in [-0.39, 0.29) is 12.6 Å². The molecule has 1 aliphatic heterocycles. The number of nitrogens with zero attached hydrogens (tertiary/aromatic N) is 3. The van der Waals surface area contributed by atoms with Crippen molar-refractivity contribution in [2.24, 2.45) is 0 Å².